The zero-order chi connectivity index (χ0) is 17.6. The molecule has 0 saturated heterocycles. The number of aliphatic hydroxyl groups excluding tert-OH is 3. The van der Waals surface area contributed by atoms with Gasteiger partial charge >= 0.3 is 5.97 Å². The van der Waals surface area contributed by atoms with Crippen molar-refractivity contribution in [3.63, 3.8) is 0 Å². The van der Waals surface area contributed by atoms with Crippen LogP contribution >= 0.6 is 0 Å². The van der Waals surface area contributed by atoms with Crippen molar-refractivity contribution in [3.05, 3.63) is 12.2 Å². The highest BCUT2D eigenvalue weighted by Gasteiger charge is 2.63. The van der Waals surface area contributed by atoms with Crippen molar-refractivity contribution in [1.82, 2.24) is 0 Å². The fourth-order valence-electron chi connectivity index (χ4n) is 4.42. The molecule has 132 valence electrons. The Hall–Kier alpha value is -0.950. The molecular formula is C17H28O6. The molecule has 0 radical (unpaired) electrons. The molecule has 2 fully saturated rings. The Morgan fingerprint density at radius 3 is 2.43 bits per heavy atom. The first-order valence-corrected chi connectivity index (χ1v) is 8.12. The average Bonchev–Trinajstić information content (AvgIpc) is 2.46. The van der Waals surface area contributed by atoms with Gasteiger partial charge in [-0.25, -0.2) is 0 Å². The van der Waals surface area contributed by atoms with E-state index in [2.05, 4.69) is 6.58 Å². The minimum atomic E-state index is -1.93. The van der Waals surface area contributed by atoms with Gasteiger partial charge in [0.2, 0.25) is 0 Å². The van der Waals surface area contributed by atoms with E-state index in [0.29, 0.717) is 12.8 Å². The first-order chi connectivity index (χ1) is 10.5. The molecule has 7 unspecified atom stereocenters. The fraction of sp³-hybridized carbons (Fsp3) is 0.824. The minimum absolute atomic E-state index is 0.0354. The van der Waals surface area contributed by atoms with Crippen LogP contribution < -0.4 is 0 Å². The highest BCUT2D eigenvalue weighted by atomic mass is 16.5. The SMILES string of the molecule is C=C(COC(C)=O)C1(O)C(O)CC2CC(O)CC(C)C2(C)C1O. The molecule has 7 atom stereocenters. The Balaban J connectivity index is 2.32. The predicted molar refractivity (Wildman–Crippen MR) is 83.4 cm³/mol. The van der Waals surface area contributed by atoms with Gasteiger partial charge in [-0.05, 0) is 36.7 Å². The summed E-state index contributed by atoms with van der Waals surface area (Å²) in [6.07, 6.45) is -1.66. The van der Waals surface area contributed by atoms with Crippen molar-refractivity contribution >= 4 is 5.97 Å². The molecular weight excluding hydrogens is 300 g/mol. The number of carbonyl (C=O) groups excluding carboxylic acids is 1. The maximum absolute atomic E-state index is 11.0. The summed E-state index contributed by atoms with van der Waals surface area (Å²) in [4.78, 5) is 11.0. The first kappa shape index (κ1) is 18.4. The standard InChI is InChI=1S/C17H28O6/c1-9-5-13(19)6-12-7-14(20)17(22,15(21)16(9,12)4)10(2)8-23-11(3)18/h9,12-15,19-22H,2,5-8H2,1,3-4H3. The first-order valence-electron chi connectivity index (χ1n) is 8.12. The van der Waals surface area contributed by atoms with Crippen LogP contribution in [0.3, 0.4) is 0 Å². The molecule has 2 saturated carbocycles. The zero-order valence-electron chi connectivity index (χ0n) is 14.0. The zero-order valence-corrected chi connectivity index (χ0v) is 14.0. The molecule has 2 aliphatic carbocycles. The van der Waals surface area contributed by atoms with Crippen LogP contribution in [0, 0.1) is 17.3 Å². The molecule has 0 heterocycles. The second kappa shape index (κ2) is 6.16. The van der Waals surface area contributed by atoms with Gasteiger partial charge in [0.25, 0.3) is 0 Å². The van der Waals surface area contributed by atoms with E-state index in [4.69, 9.17) is 4.74 Å². The maximum atomic E-state index is 11.0. The number of aliphatic hydroxyl groups is 4. The van der Waals surface area contributed by atoms with Crippen molar-refractivity contribution in [2.45, 2.75) is 63.9 Å². The molecule has 0 aromatic heterocycles. The molecule has 0 aromatic carbocycles. The van der Waals surface area contributed by atoms with E-state index in [-0.39, 0.29) is 30.4 Å². The Labute approximate surface area is 136 Å². The molecule has 4 N–H and O–H groups in total. The molecule has 2 rings (SSSR count). The van der Waals surface area contributed by atoms with Crippen LogP contribution in [0.15, 0.2) is 12.2 Å². The number of hydrogen-bond donors (Lipinski definition) is 4. The molecule has 0 aromatic rings. The number of hydrogen-bond acceptors (Lipinski definition) is 6. The van der Waals surface area contributed by atoms with Crippen LogP contribution in [0.4, 0.5) is 0 Å². The molecule has 0 spiro atoms. The number of ether oxygens (including phenoxy) is 1. The third-order valence-corrected chi connectivity index (χ3v) is 6.16. The van der Waals surface area contributed by atoms with Crippen molar-refractivity contribution in [2.24, 2.45) is 17.3 Å². The van der Waals surface area contributed by atoms with Crippen molar-refractivity contribution in [2.75, 3.05) is 6.61 Å². The van der Waals surface area contributed by atoms with Gasteiger partial charge in [-0.3, -0.25) is 4.79 Å². The second-order valence-corrected chi connectivity index (χ2v) is 7.45. The molecule has 6 nitrogen and oxygen atoms in total. The molecule has 23 heavy (non-hydrogen) atoms. The molecule has 0 amide bonds. The van der Waals surface area contributed by atoms with Crippen LogP contribution in [-0.4, -0.2) is 56.9 Å². The van der Waals surface area contributed by atoms with Crippen LogP contribution in [-0.2, 0) is 9.53 Å². The van der Waals surface area contributed by atoms with Crippen LogP contribution in [0.5, 0.6) is 0 Å². The maximum Gasteiger partial charge on any atom is 0.302 e. The summed E-state index contributed by atoms with van der Waals surface area (Å²) >= 11 is 0. The van der Waals surface area contributed by atoms with Gasteiger partial charge in [-0.15, -0.1) is 0 Å². The molecule has 0 bridgehead atoms. The number of carbonyl (C=O) groups is 1. The lowest BCUT2D eigenvalue weighted by Crippen LogP contribution is -2.69. The molecule has 0 aliphatic heterocycles. The van der Waals surface area contributed by atoms with Crippen LogP contribution in [0.2, 0.25) is 0 Å². The lowest BCUT2D eigenvalue weighted by Gasteiger charge is -2.60. The van der Waals surface area contributed by atoms with Gasteiger partial charge in [0.1, 0.15) is 12.2 Å². The summed E-state index contributed by atoms with van der Waals surface area (Å²) in [5, 5.41) is 42.4. The van der Waals surface area contributed by atoms with E-state index in [1.165, 1.54) is 6.92 Å². The van der Waals surface area contributed by atoms with Gasteiger partial charge in [0.05, 0.1) is 18.3 Å². The van der Waals surface area contributed by atoms with E-state index in [1.807, 2.05) is 13.8 Å². The Morgan fingerprint density at radius 2 is 1.87 bits per heavy atom. The van der Waals surface area contributed by atoms with E-state index >= 15 is 0 Å². The largest absolute Gasteiger partial charge is 0.461 e. The lowest BCUT2D eigenvalue weighted by molar-refractivity contribution is -0.241. The Morgan fingerprint density at radius 1 is 1.26 bits per heavy atom. The van der Waals surface area contributed by atoms with Gasteiger partial charge in [0.15, 0.2) is 0 Å². The highest BCUT2D eigenvalue weighted by molar-refractivity contribution is 5.66. The summed E-state index contributed by atoms with van der Waals surface area (Å²) in [7, 11) is 0. The van der Waals surface area contributed by atoms with Crippen LogP contribution in [0.1, 0.15) is 40.0 Å². The van der Waals surface area contributed by atoms with Gasteiger partial charge in [-0.1, -0.05) is 20.4 Å². The van der Waals surface area contributed by atoms with Crippen molar-refractivity contribution in [1.29, 1.82) is 0 Å². The van der Waals surface area contributed by atoms with Gasteiger partial charge in [0, 0.05) is 12.3 Å². The van der Waals surface area contributed by atoms with E-state index in [1.54, 1.807) is 0 Å². The number of rotatable bonds is 3. The minimum Gasteiger partial charge on any atom is -0.461 e. The predicted octanol–water partition coefficient (Wildman–Crippen LogP) is 0.376. The Kier molecular flexibility index (Phi) is 4.93. The topological polar surface area (TPSA) is 107 Å². The monoisotopic (exact) mass is 328 g/mol. The number of fused-ring (bicyclic) bond motifs is 1. The molecule has 6 heteroatoms. The summed E-state index contributed by atoms with van der Waals surface area (Å²) in [5.41, 5.74) is -2.51. The van der Waals surface area contributed by atoms with Gasteiger partial charge in [-0.2, -0.15) is 0 Å². The number of esters is 1. The lowest BCUT2D eigenvalue weighted by atomic mass is 9.49. The van der Waals surface area contributed by atoms with Crippen molar-refractivity contribution in [3.8, 4) is 0 Å². The van der Waals surface area contributed by atoms with E-state index < -0.39 is 35.3 Å². The Bertz CT molecular complexity index is 491. The fourth-order valence-corrected chi connectivity index (χ4v) is 4.42. The third-order valence-electron chi connectivity index (χ3n) is 6.16. The summed E-state index contributed by atoms with van der Waals surface area (Å²) < 4.78 is 4.87. The van der Waals surface area contributed by atoms with Crippen LogP contribution in [0.25, 0.3) is 0 Å². The third kappa shape index (κ3) is 2.82. The normalized spacial score (nSPS) is 46.8. The summed E-state index contributed by atoms with van der Waals surface area (Å²) in [5.74, 6) is -0.660. The quantitative estimate of drug-likeness (QED) is 0.441. The smallest absolute Gasteiger partial charge is 0.302 e. The highest BCUT2D eigenvalue weighted by Crippen LogP contribution is 2.57. The summed E-state index contributed by atoms with van der Waals surface area (Å²) in [6, 6.07) is 0. The summed E-state index contributed by atoms with van der Waals surface area (Å²) in [6.45, 7) is 8.55. The molecule has 2 aliphatic rings. The van der Waals surface area contributed by atoms with E-state index in [0.717, 1.165) is 0 Å². The average molecular weight is 328 g/mol. The van der Waals surface area contributed by atoms with Gasteiger partial charge < -0.3 is 25.2 Å². The van der Waals surface area contributed by atoms with E-state index in [9.17, 15) is 25.2 Å². The van der Waals surface area contributed by atoms with Crippen molar-refractivity contribution < 1.29 is 30.0 Å². The second-order valence-electron chi connectivity index (χ2n) is 7.45.